The first-order chi connectivity index (χ1) is 9.49. The Hall–Kier alpha value is -1.11. The molecule has 0 saturated carbocycles. The van der Waals surface area contributed by atoms with Gasteiger partial charge in [0.1, 0.15) is 0 Å². The van der Waals surface area contributed by atoms with E-state index in [2.05, 4.69) is 14.9 Å². The predicted octanol–water partition coefficient (Wildman–Crippen LogP) is 1.03. The summed E-state index contributed by atoms with van der Waals surface area (Å²) >= 11 is 0. The van der Waals surface area contributed by atoms with Gasteiger partial charge in [-0.3, -0.25) is 0 Å². The molecule has 1 heterocycles. The van der Waals surface area contributed by atoms with E-state index < -0.39 is 10.0 Å². The van der Waals surface area contributed by atoms with Gasteiger partial charge in [-0.25, -0.2) is 13.1 Å². The van der Waals surface area contributed by atoms with E-state index in [4.69, 9.17) is 0 Å². The smallest absolute Gasteiger partial charge is 0.240 e. The van der Waals surface area contributed by atoms with Gasteiger partial charge < -0.3 is 10.2 Å². The standard InChI is InChI=1S/C14H23N3O2S/c1-12(2)11-16-20(18,19)14-5-3-13(4-6-14)17-9-7-15-8-10-17/h3-6,12,15-16H,7-11H2,1-2H3. The van der Waals surface area contributed by atoms with Gasteiger partial charge in [0.15, 0.2) is 0 Å². The van der Waals surface area contributed by atoms with Gasteiger partial charge in [-0.05, 0) is 30.2 Å². The number of piperazine rings is 1. The van der Waals surface area contributed by atoms with Crippen molar-refractivity contribution in [2.24, 2.45) is 5.92 Å². The third-order valence-electron chi connectivity index (χ3n) is 3.31. The first-order valence-corrected chi connectivity index (χ1v) is 8.53. The lowest BCUT2D eigenvalue weighted by molar-refractivity contribution is 0.560. The van der Waals surface area contributed by atoms with E-state index in [1.807, 2.05) is 26.0 Å². The summed E-state index contributed by atoms with van der Waals surface area (Å²) in [5, 5.41) is 3.30. The highest BCUT2D eigenvalue weighted by Gasteiger charge is 2.15. The second kappa shape index (κ2) is 6.56. The Morgan fingerprint density at radius 2 is 1.80 bits per heavy atom. The van der Waals surface area contributed by atoms with Crippen molar-refractivity contribution >= 4 is 15.7 Å². The summed E-state index contributed by atoms with van der Waals surface area (Å²) in [4.78, 5) is 2.59. The molecule has 20 heavy (non-hydrogen) atoms. The minimum Gasteiger partial charge on any atom is -0.369 e. The molecular weight excluding hydrogens is 274 g/mol. The summed E-state index contributed by atoms with van der Waals surface area (Å²) in [6.45, 7) is 8.27. The molecule has 112 valence electrons. The highest BCUT2D eigenvalue weighted by molar-refractivity contribution is 7.89. The molecule has 2 N–H and O–H groups in total. The Balaban J connectivity index is 2.07. The second-order valence-corrected chi connectivity index (χ2v) is 7.24. The highest BCUT2D eigenvalue weighted by Crippen LogP contribution is 2.18. The van der Waals surface area contributed by atoms with Gasteiger partial charge in [-0.2, -0.15) is 0 Å². The summed E-state index contributed by atoms with van der Waals surface area (Å²) in [6, 6.07) is 7.13. The third-order valence-corrected chi connectivity index (χ3v) is 4.75. The molecule has 1 aromatic carbocycles. The summed E-state index contributed by atoms with van der Waals surface area (Å²) in [7, 11) is -3.38. The largest absolute Gasteiger partial charge is 0.369 e. The fourth-order valence-corrected chi connectivity index (χ4v) is 3.33. The number of anilines is 1. The number of hydrogen-bond acceptors (Lipinski definition) is 4. The van der Waals surface area contributed by atoms with Crippen molar-refractivity contribution in [3.05, 3.63) is 24.3 Å². The minimum atomic E-state index is -3.38. The molecular formula is C14H23N3O2S. The van der Waals surface area contributed by atoms with E-state index in [-0.39, 0.29) is 0 Å². The summed E-state index contributed by atoms with van der Waals surface area (Å²) in [6.07, 6.45) is 0. The van der Waals surface area contributed by atoms with E-state index in [1.54, 1.807) is 12.1 Å². The second-order valence-electron chi connectivity index (χ2n) is 5.48. The van der Waals surface area contributed by atoms with Gasteiger partial charge in [0.2, 0.25) is 10.0 Å². The van der Waals surface area contributed by atoms with Crippen molar-refractivity contribution in [3.8, 4) is 0 Å². The monoisotopic (exact) mass is 297 g/mol. The average Bonchev–Trinajstić information content (AvgIpc) is 2.46. The van der Waals surface area contributed by atoms with E-state index in [0.717, 1.165) is 31.9 Å². The van der Waals surface area contributed by atoms with E-state index in [9.17, 15) is 8.42 Å². The zero-order valence-corrected chi connectivity index (χ0v) is 12.9. The predicted molar refractivity (Wildman–Crippen MR) is 81.6 cm³/mol. The highest BCUT2D eigenvalue weighted by atomic mass is 32.2. The van der Waals surface area contributed by atoms with Crippen LogP contribution in [0.4, 0.5) is 5.69 Å². The van der Waals surface area contributed by atoms with Crippen LogP contribution < -0.4 is 14.9 Å². The van der Waals surface area contributed by atoms with Crippen LogP contribution in [-0.2, 0) is 10.0 Å². The molecule has 0 amide bonds. The molecule has 0 atom stereocenters. The van der Waals surface area contributed by atoms with Crippen molar-refractivity contribution in [2.45, 2.75) is 18.7 Å². The summed E-state index contributed by atoms with van der Waals surface area (Å²) < 4.78 is 26.8. The van der Waals surface area contributed by atoms with Crippen LogP contribution in [0.3, 0.4) is 0 Å². The number of nitrogens with one attached hydrogen (secondary N) is 2. The molecule has 1 aliphatic heterocycles. The normalized spacial score (nSPS) is 16.6. The van der Waals surface area contributed by atoms with E-state index >= 15 is 0 Å². The van der Waals surface area contributed by atoms with Crippen LogP contribution in [0.15, 0.2) is 29.2 Å². The first kappa shape index (κ1) is 15.3. The molecule has 1 saturated heterocycles. The molecule has 6 heteroatoms. The van der Waals surface area contributed by atoms with Crippen LogP contribution in [-0.4, -0.2) is 41.1 Å². The molecule has 1 aliphatic rings. The molecule has 0 radical (unpaired) electrons. The third kappa shape index (κ3) is 3.94. The number of nitrogens with zero attached hydrogens (tertiary/aromatic N) is 1. The minimum absolute atomic E-state index is 0.296. The zero-order chi connectivity index (χ0) is 14.6. The van der Waals surface area contributed by atoms with Crippen LogP contribution in [0.1, 0.15) is 13.8 Å². The lowest BCUT2D eigenvalue weighted by atomic mass is 10.2. The van der Waals surface area contributed by atoms with Crippen LogP contribution in [0.5, 0.6) is 0 Å². The molecule has 2 rings (SSSR count). The maximum absolute atomic E-state index is 12.1. The maximum atomic E-state index is 12.1. The van der Waals surface area contributed by atoms with Crippen molar-refractivity contribution in [3.63, 3.8) is 0 Å². The fourth-order valence-electron chi connectivity index (χ4n) is 2.12. The summed E-state index contributed by atoms with van der Waals surface area (Å²) in [5.74, 6) is 0.296. The molecule has 0 bridgehead atoms. The van der Waals surface area contributed by atoms with Crippen LogP contribution in [0.2, 0.25) is 0 Å². The molecule has 5 nitrogen and oxygen atoms in total. The Morgan fingerprint density at radius 1 is 1.20 bits per heavy atom. The van der Waals surface area contributed by atoms with Crippen LogP contribution in [0.25, 0.3) is 0 Å². The topological polar surface area (TPSA) is 61.4 Å². The van der Waals surface area contributed by atoms with Gasteiger partial charge >= 0.3 is 0 Å². The Labute approximate surface area is 121 Å². The molecule has 1 aromatic rings. The van der Waals surface area contributed by atoms with Gasteiger partial charge in [0, 0.05) is 38.4 Å². The summed E-state index contributed by atoms with van der Waals surface area (Å²) in [5.41, 5.74) is 1.08. The molecule has 1 fully saturated rings. The Morgan fingerprint density at radius 3 is 2.35 bits per heavy atom. The van der Waals surface area contributed by atoms with E-state index in [0.29, 0.717) is 17.4 Å². The SMILES string of the molecule is CC(C)CNS(=O)(=O)c1ccc(N2CCNCC2)cc1. The molecule has 0 unspecified atom stereocenters. The Kier molecular flexibility index (Phi) is 5.01. The van der Waals surface area contributed by atoms with Crippen LogP contribution >= 0.6 is 0 Å². The number of sulfonamides is 1. The Bertz CT molecular complexity index is 520. The first-order valence-electron chi connectivity index (χ1n) is 7.04. The van der Waals surface area contributed by atoms with Gasteiger partial charge in [0.05, 0.1) is 4.90 Å². The zero-order valence-electron chi connectivity index (χ0n) is 12.1. The van der Waals surface area contributed by atoms with Crippen molar-refractivity contribution in [2.75, 3.05) is 37.6 Å². The van der Waals surface area contributed by atoms with Gasteiger partial charge in [-0.1, -0.05) is 13.8 Å². The van der Waals surface area contributed by atoms with E-state index in [1.165, 1.54) is 0 Å². The van der Waals surface area contributed by atoms with Crippen molar-refractivity contribution in [1.82, 2.24) is 10.0 Å². The lowest BCUT2D eigenvalue weighted by Gasteiger charge is -2.29. The molecule has 0 aromatic heterocycles. The fraction of sp³-hybridized carbons (Fsp3) is 0.571. The van der Waals surface area contributed by atoms with Crippen molar-refractivity contribution in [1.29, 1.82) is 0 Å². The quantitative estimate of drug-likeness (QED) is 0.852. The van der Waals surface area contributed by atoms with Crippen molar-refractivity contribution < 1.29 is 8.42 Å². The number of hydrogen-bond donors (Lipinski definition) is 2. The molecule has 0 aliphatic carbocycles. The lowest BCUT2D eigenvalue weighted by Crippen LogP contribution is -2.43. The number of rotatable bonds is 5. The number of benzene rings is 1. The molecule has 0 spiro atoms. The van der Waals surface area contributed by atoms with Gasteiger partial charge in [0.25, 0.3) is 0 Å². The maximum Gasteiger partial charge on any atom is 0.240 e. The van der Waals surface area contributed by atoms with Gasteiger partial charge in [-0.15, -0.1) is 0 Å². The van der Waals surface area contributed by atoms with Crippen LogP contribution in [0, 0.1) is 5.92 Å². The average molecular weight is 297 g/mol.